The summed E-state index contributed by atoms with van der Waals surface area (Å²) < 4.78 is 0. The first-order chi connectivity index (χ1) is 7.21. The number of nitrogens with one attached hydrogen (secondary N) is 1. The third-order valence-corrected chi connectivity index (χ3v) is 2.55. The molecule has 0 fully saturated rings. The maximum atomic E-state index is 11.7. The molecular weight excluding hydrogens is 224 g/mol. The number of aryl methyl sites for hydroxylation is 2. The van der Waals surface area contributed by atoms with Crippen LogP contribution in [-0.2, 0) is 4.79 Å². The molecule has 3 nitrogen and oxygen atoms in total. The van der Waals surface area contributed by atoms with Crippen molar-refractivity contribution in [2.75, 3.05) is 5.32 Å². The molecule has 0 saturated carbocycles. The van der Waals surface area contributed by atoms with Gasteiger partial charge in [-0.3, -0.25) is 4.79 Å². The van der Waals surface area contributed by atoms with Crippen LogP contribution in [0.4, 0.5) is 5.69 Å². The van der Waals surface area contributed by atoms with E-state index in [1.54, 1.807) is 13.8 Å². The van der Waals surface area contributed by atoms with Gasteiger partial charge in [-0.25, -0.2) is 0 Å². The van der Waals surface area contributed by atoms with Crippen LogP contribution in [-0.4, -0.2) is 11.4 Å². The fourth-order valence-corrected chi connectivity index (χ4v) is 1.72. The van der Waals surface area contributed by atoms with Gasteiger partial charge >= 0.3 is 0 Å². The second-order valence-electron chi connectivity index (χ2n) is 4.61. The Morgan fingerprint density at radius 2 is 1.94 bits per heavy atom. The minimum atomic E-state index is -0.916. The fraction of sp³-hybridized carbons (Fsp3) is 0.417. The second-order valence-corrected chi connectivity index (χ2v) is 5.02. The minimum absolute atomic E-state index is 0.249. The van der Waals surface area contributed by atoms with Crippen LogP contribution in [0, 0.1) is 13.8 Å². The van der Waals surface area contributed by atoms with E-state index in [1.807, 2.05) is 26.0 Å². The summed E-state index contributed by atoms with van der Waals surface area (Å²) in [6.07, 6.45) is 0. The number of amides is 1. The van der Waals surface area contributed by atoms with E-state index in [2.05, 4.69) is 5.32 Å². The molecule has 0 atom stereocenters. The van der Waals surface area contributed by atoms with E-state index in [9.17, 15) is 4.79 Å². The molecule has 0 spiro atoms. The van der Waals surface area contributed by atoms with E-state index in [0.29, 0.717) is 10.7 Å². The molecule has 0 bridgehead atoms. The van der Waals surface area contributed by atoms with E-state index in [0.717, 1.165) is 11.1 Å². The molecule has 1 amide bonds. The zero-order chi connectivity index (χ0) is 12.5. The quantitative estimate of drug-likeness (QED) is 0.835. The monoisotopic (exact) mass is 240 g/mol. The molecular formula is C12H17ClN2O. The van der Waals surface area contributed by atoms with Gasteiger partial charge in [0.05, 0.1) is 16.2 Å². The largest absolute Gasteiger partial charge is 0.323 e. The lowest BCUT2D eigenvalue weighted by atomic mass is 10.1. The molecule has 0 aromatic heterocycles. The number of anilines is 1. The molecule has 0 aliphatic heterocycles. The molecule has 0 unspecified atom stereocenters. The van der Waals surface area contributed by atoms with Gasteiger partial charge in [0.1, 0.15) is 0 Å². The van der Waals surface area contributed by atoms with E-state index >= 15 is 0 Å². The molecule has 4 heteroatoms. The van der Waals surface area contributed by atoms with Crippen LogP contribution in [0.15, 0.2) is 12.1 Å². The van der Waals surface area contributed by atoms with E-state index in [-0.39, 0.29) is 5.91 Å². The first kappa shape index (κ1) is 13.0. The average molecular weight is 241 g/mol. The van der Waals surface area contributed by atoms with Crippen molar-refractivity contribution in [1.82, 2.24) is 0 Å². The molecule has 0 radical (unpaired) electrons. The van der Waals surface area contributed by atoms with Crippen LogP contribution in [0.2, 0.25) is 5.02 Å². The van der Waals surface area contributed by atoms with Gasteiger partial charge in [-0.15, -0.1) is 0 Å². The van der Waals surface area contributed by atoms with Gasteiger partial charge in [-0.2, -0.15) is 0 Å². The third kappa shape index (κ3) is 2.97. The second kappa shape index (κ2) is 4.44. The van der Waals surface area contributed by atoms with Gasteiger partial charge in [0.15, 0.2) is 0 Å². The number of carbonyl (C=O) groups excluding carboxylic acids is 1. The Hall–Kier alpha value is -1.06. The highest BCUT2D eigenvalue weighted by atomic mass is 35.5. The standard InChI is InChI=1S/C12H17ClN2O/c1-7-5-8(2)10(9(13)6-7)15-11(16)12(3,4)14/h5-6H,14H2,1-4H3,(H,15,16). The van der Waals surface area contributed by atoms with Gasteiger partial charge in [-0.1, -0.05) is 17.7 Å². The van der Waals surface area contributed by atoms with Crippen molar-refractivity contribution >= 4 is 23.2 Å². The van der Waals surface area contributed by atoms with Crippen LogP contribution in [0.5, 0.6) is 0 Å². The molecule has 88 valence electrons. The molecule has 0 aliphatic rings. The maximum Gasteiger partial charge on any atom is 0.243 e. The molecule has 0 saturated heterocycles. The number of halogens is 1. The van der Waals surface area contributed by atoms with Gasteiger partial charge in [0.25, 0.3) is 0 Å². The van der Waals surface area contributed by atoms with Gasteiger partial charge in [0, 0.05) is 0 Å². The third-order valence-electron chi connectivity index (χ3n) is 2.26. The summed E-state index contributed by atoms with van der Waals surface area (Å²) >= 11 is 6.07. The van der Waals surface area contributed by atoms with Gasteiger partial charge in [0.2, 0.25) is 5.91 Å². The van der Waals surface area contributed by atoms with Crippen molar-refractivity contribution in [3.8, 4) is 0 Å². The van der Waals surface area contributed by atoms with Crippen molar-refractivity contribution in [2.45, 2.75) is 33.2 Å². The number of nitrogens with two attached hydrogens (primary N) is 1. The molecule has 0 aliphatic carbocycles. The first-order valence-electron chi connectivity index (χ1n) is 5.09. The van der Waals surface area contributed by atoms with Crippen molar-refractivity contribution in [3.05, 3.63) is 28.3 Å². The Labute approximate surface area is 101 Å². The Morgan fingerprint density at radius 3 is 2.38 bits per heavy atom. The van der Waals surface area contributed by atoms with Crippen molar-refractivity contribution in [2.24, 2.45) is 5.73 Å². The summed E-state index contributed by atoms with van der Waals surface area (Å²) in [4.78, 5) is 11.7. The van der Waals surface area contributed by atoms with Crippen LogP contribution in [0.1, 0.15) is 25.0 Å². The molecule has 3 N–H and O–H groups in total. The lowest BCUT2D eigenvalue weighted by Gasteiger charge is -2.19. The number of benzene rings is 1. The highest BCUT2D eigenvalue weighted by molar-refractivity contribution is 6.34. The summed E-state index contributed by atoms with van der Waals surface area (Å²) in [5, 5.41) is 3.29. The van der Waals surface area contributed by atoms with Gasteiger partial charge < -0.3 is 11.1 Å². The number of rotatable bonds is 2. The fourth-order valence-electron chi connectivity index (χ4n) is 1.35. The number of hydrogen-bond acceptors (Lipinski definition) is 2. The van der Waals surface area contributed by atoms with Crippen LogP contribution in [0.3, 0.4) is 0 Å². The summed E-state index contributed by atoms with van der Waals surface area (Å²) in [5.74, 6) is -0.249. The van der Waals surface area contributed by atoms with E-state index in [1.165, 1.54) is 0 Å². The predicted octanol–water partition coefficient (Wildman–Crippen LogP) is 2.63. The summed E-state index contributed by atoms with van der Waals surface area (Å²) in [5.41, 5.74) is 7.42. The van der Waals surface area contributed by atoms with E-state index in [4.69, 9.17) is 17.3 Å². The molecule has 1 rings (SSSR count). The topological polar surface area (TPSA) is 55.1 Å². The van der Waals surface area contributed by atoms with Crippen molar-refractivity contribution < 1.29 is 4.79 Å². The Kier molecular flexibility index (Phi) is 3.61. The highest BCUT2D eigenvalue weighted by Gasteiger charge is 2.23. The average Bonchev–Trinajstić information content (AvgIpc) is 2.08. The maximum absolute atomic E-state index is 11.7. The normalized spacial score (nSPS) is 11.4. The Bertz CT molecular complexity index is 399. The molecule has 16 heavy (non-hydrogen) atoms. The summed E-state index contributed by atoms with van der Waals surface area (Å²) in [6, 6.07) is 3.78. The minimum Gasteiger partial charge on any atom is -0.323 e. The molecule has 0 heterocycles. The lowest BCUT2D eigenvalue weighted by Crippen LogP contribution is -2.45. The first-order valence-corrected chi connectivity index (χ1v) is 5.46. The van der Waals surface area contributed by atoms with Gasteiger partial charge in [-0.05, 0) is 44.9 Å². The van der Waals surface area contributed by atoms with Crippen LogP contribution in [0.25, 0.3) is 0 Å². The number of hydrogen-bond donors (Lipinski definition) is 2. The Morgan fingerprint density at radius 1 is 1.38 bits per heavy atom. The lowest BCUT2D eigenvalue weighted by molar-refractivity contribution is -0.120. The highest BCUT2D eigenvalue weighted by Crippen LogP contribution is 2.27. The predicted molar refractivity (Wildman–Crippen MR) is 67.8 cm³/mol. The smallest absolute Gasteiger partial charge is 0.243 e. The Balaban J connectivity index is 3.03. The van der Waals surface area contributed by atoms with E-state index < -0.39 is 5.54 Å². The number of carbonyl (C=O) groups is 1. The SMILES string of the molecule is Cc1cc(C)c(NC(=O)C(C)(C)N)c(Cl)c1. The summed E-state index contributed by atoms with van der Waals surface area (Å²) in [7, 11) is 0. The molecule has 1 aromatic rings. The van der Waals surface area contributed by atoms with Crippen LogP contribution >= 0.6 is 11.6 Å². The van der Waals surface area contributed by atoms with Crippen LogP contribution < -0.4 is 11.1 Å². The zero-order valence-corrected chi connectivity index (χ0v) is 10.8. The van der Waals surface area contributed by atoms with Crippen molar-refractivity contribution in [3.63, 3.8) is 0 Å². The summed E-state index contributed by atoms with van der Waals surface area (Å²) in [6.45, 7) is 7.16. The zero-order valence-electron chi connectivity index (χ0n) is 10.0. The molecule has 1 aromatic carbocycles. The van der Waals surface area contributed by atoms with Crippen molar-refractivity contribution in [1.29, 1.82) is 0 Å².